The summed E-state index contributed by atoms with van der Waals surface area (Å²) in [6.45, 7) is 0. The van der Waals surface area contributed by atoms with E-state index in [4.69, 9.17) is 10.5 Å². The monoisotopic (exact) mass is 367 g/mol. The zero-order chi connectivity index (χ0) is 18.8. The van der Waals surface area contributed by atoms with Crippen molar-refractivity contribution in [2.75, 3.05) is 18.2 Å². The Morgan fingerprint density at radius 3 is 2.93 bits per heavy atom. The molecule has 4 N–H and O–H groups in total. The molecule has 27 heavy (non-hydrogen) atoms. The summed E-state index contributed by atoms with van der Waals surface area (Å²) < 4.78 is 5.25. The molecule has 0 saturated heterocycles. The molecule has 0 fully saturated rings. The van der Waals surface area contributed by atoms with Crippen LogP contribution in [0.5, 0.6) is 5.75 Å². The first-order valence-corrected chi connectivity index (χ1v) is 8.30. The molecule has 7 nitrogen and oxygen atoms in total. The summed E-state index contributed by atoms with van der Waals surface area (Å²) in [7, 11) is 1.54. The van der Waals surface area contributed by atoms with E-state index < -0.39 is 5.91 Å². The number of fused-ring (bicyclic) bond motifs is 1. The number of hydrogen-bond acceptors (Lipinski definition) is 5. The molecule has 4 rings (SSSR count). The van der Waals surface area contributed by atoms with Crippen LogP contribution >= 0.6 is 0 Å². The number of methoxy groups -OCH3 is 1. The number of nitrogens with zero attached hydrogens (tertiary/aromatic N) is 2. The molecule has 7 heteroatoms. The molecule has 4 aromatic rings. The Balaban J connectivity index is 0.00000225. The standard InChI is InChI=1S/C20H17N5O2.4H2/c1-27-17-5-3-2-4-15(17)25-20(26)18-19(21)23-11-16(24-18)12-6-7-14-13(10-12)8-9-22-14;;;;/h2-11,22H,1H3,(H2,21,23)(H,25,26);4*1H. The van der Waals surface area contributed by atoms with Gasteiger partial charge in [0.05, 0.1) is 24.7 Å². The normalized spacial score (nSPS) is 10.7. The highest BCUT2D eigenvalue weighted by Gasteiger charge is 2.16. The summed E-state index contributed by atoms with van der Waals surface area (Å²) in [6, 6.07) is 14.9. The van der Waals surface area contributed by atoms with E-state index in [9.17, 15) is 4.79 Å². The van der Waals surface area contributed by atoms with Crippen LogP contribution in [0.3, 0.4) is 0 Å². The number of rotatable bonds is 4. The number of hydrogen-bond donors (Lipinski definition) is 3. The van der Waals surface area contributed by atoms with Gasteiger partial charge in [-0.3, -0.25) is 4.79 Å². The van der Waals surface area contributed by atoms with E-state index in [0.717, 1.165) is 16.5 Å². The summed E-state index contributed by atoms with van der Waals surface area (Å²) in [4.78, 5) is 24.4. The number of amides is 1. The third-order valence-electron chi connectivity index (χ3n) is 4.22. The van der Waals surface area contributed by atoms with Gasteiger partial charge in [0, 0.05) is 28.4 Å². The van der Waals surface area contributed by atoms with Crippen LogP contribution in [-0.2, 0) is 0 Å². The lowest BCUT2D eigenvalue weighted by Crippen LogP contribution is -2.17. The summed E-state index contributed by atoms with van der Waals surface area (Å²) in [6.07, 6.45) is 3.43. The number of nitrogens with two attached hydrogens (primary N) is 1. The molecule has 0 spiro atoms. The van der Waals surface area contributed by atoms with Crippen molar-refractivity contribution < 1.29 is 15.2 Å². The number of anilines is 2. The third kappa shape index (κ3) is 3.18. The van der Waals surface area contributed by atoms with Gasteiger partial charge in [-0.15, -0.1) is 0 Å². The Morgan fingerprint density at radius 1 is 1.22 bits per heavy atom. The second kappa shape index (κ2) is 6.80. The second-order valence-corrected chi connectivity index (χ2v) is 5.92. The molecule has 0 bridgehead atoms. The molecule has 142 valence electrons. The van der Waals surface area contributed by atoms with Crippen LogP contribution in [0.1, 0.15) is 16.2 Å². The highest BCUT2D eigenvalue weighted by atomic mass is 16.5. The lowest BCUT2D eigenvalue weighted by Gasteiger charge is -2.11. The van der Waals surface area contributed by atoms with E-state index in [1.54, 1.807) is 24.4 Å². The fourth-order valence-corrected chi connectivity index (χ4v) is 2.85. The first kappa shape index (κ1) is 16.6. The summed E-state index contributed by atoms with van der Waals surface area (Å²) in [5, 5.41) is 3.82. The molecule has 2 aromatic carbocycles. The van der Waals surface area contributed by atoms with E-state index in [2.05, 4.69) is 20.3 Å². The van der Waals surface area contributed by atoms with Crippen molar-refractivity contribution in [3.05, 3.63) is 66.6 Å². The van der Waals surface area contributed by atoms with Crippen molar-refractivity contribution in [3.63, 3.8) is 0 Å². The number of benzene rings is 2. The molecule has 0 saturated carbocycles. The quantitative estimate of drug-likeness (QED) is 0.494. The summed E-state index contributed by atoms with van der Waals surface area (Å²) in [5.41, 5.74) is 8.93. The van der Waals surface area contributed by atoms with E-state index in [1.807, 2.05) is 36.5 Å². The molecule has 1 amide bonds. The van der Waals surface area contributed by atoms with Crippen molar-refractivity contribution in [1.29, 1.82) is 0 Å². The van der Waals surface area contributed by atoms with Gasteiger partial charge in [-0.05, 0) is 30.3 Å². The largest absolute Gasteiger partial charge is 0.495 e. The van der Waals surface area contributed by atoms with Crippen LogP contribution in [0.25, 0.3) is 22.2 Å². The van der Waals surface area contributed by atoms with Crippen LogP contribution in [0.2, 0.25) is 0 Å². The van der Waals surface area contributed by atoms with Gasteiger partial charge < -0.3 is 20.8 Å². The van der Waals surface area contributed by atoms with Crippen molar-refractivity contribution in [1.82, 2.24) is 15.0 Å². The maximum Gasteiger partial charge on any atom is 0.278 e. The van der Waals surface area contributed by atoms with Gasteiger partial charge in [0.15, 0.2) is 11.5 Å². The summed E-state index contributed by atoms with van der Waals surface area (Å²) >= 11 is 0. The molecule has 0 unspecified atom stereocenters. The maximum atomic E-state index is 12.7. The minimum absolute atomic E-state index is 0. The van der Waals surface area contributed by atoms with Crippen molar-refractivity contribution >= 4 is 28.3 Å². The van der Waals surface area contributed by atoms with Gasteiger partial charge in [0.1, 0.15) is 5.75 Å². The van der Waals surface area contributed by atoms with E-state index in [1.165, 1.54) is 7.11 Å². The van der Waals surface area contributed by atoms with Crippen LogP contribution < -0.4 is 15.8 Å². The first-order chi connectivity index (χ1) is 13.2. The van der Waals surface area contributed by atoms with E-state index >= 15 is 0 Å². The van der Waals surface area contributed by atoms with Gasteiger partial charge >= 0.3 is 0 Å². The minimum atomic E-state index is -0.450. The highest BCUT2D eigenvalue weighted by Crippen LogP contribution is 2.26. The number of nitrogen functional groups attached to an aromatic ring is 1. The number of ether oxygens (including phenoxy) is 1. The van der Waals surface area contributed by atoms with Crippen LogP contribution in [-0.4, -0.2) is 28.0 Å². The Hall–Kier alpha value is -3.87. The molecule has 0 aliphatic heterocycles. The van der Waals surface area contributed by atoms with Gasteiger partial charge in [-0.2, -0.15) is 0 Å². The van der Waals surface area contributed by atoms with Crippen molar-refractivity contribution in [3.8, 4) is 17.0 Å². The Bertz CT molecular complexity index is 1150. The van der Waals surface area contributed by atoms with Crippen molar-refractivity contribution in [2.45, 2.75) is 0 Å². The van der Waals surface area contributed by atoms with Gasteiger partial charge in [0.25, 0.3) is 5.91 Å². The average molecular weight is 367 g/mol. The molecule has 2 aromatic heterocycles. The third-order valence-corrected chi connectivity index (χ3v) is 4.22. The SMILES string of the molecule is COc1ccccc1NC(=O)c1nc(-c2ccc3[nH]ccc3c2)cnc1N.[HH].[HH].[HH].[HH]. The molecular weight excluding hydrogens is 342 g/mol. The molecule has 0 aliphatic carbocycles. The van der Waals surface area contributed by atoms with Crippen LogP contribution in [0.15, 0.2) is 60.9 Å². The lowest BCUT2D eigenvalue weighted by atomic mass is 10.1. The smallest absolute Gasteiger partial charge is 0.278 e. The number of aromatic amines is 1. The molecular formula is C20H25N5O2. The Kier molecular flexibility index (Phi) is 4.18. The number of H-pyrrole nitrogens is 1. The fourth-order valence-electron chi connectivity index (χ4n) is 2.85. The maximum absolute atomic E-state index is 12.7. The summed E-state index contributed by atoms with van der Waals surface area (Å²) in [5.74, 6) is 0.161. The molecule has 0 radical (unpaired) electrons. The predicted molar refractivity (Wildman–Crippen MR) is 113 cm³/mol. The van der Waals surface area contributed by atoms with Gasteiger partial charge in [0.2, 0.25) is 0 Å². The number of carbonyl (C=O) groups is 1. The van der Waals surface area contributed by atoms with Gasteiger partial charge in [-0.1, -0.05) is 18.2 Å². The lowest BCUT2D eigenvalue weighted by molar-refractivity contribution is 0.102. The average Bonchev–Trinajstić information content (AvgIpc) is 3.16. The molecule has 2 heterocycles. The van der Waals surface area contributed by atoms with Crippen LogP contribution in [0.4, 0.5) is 11.5 Å². The van der Waals surface area contributed by atoms with Crippen LogP contribution in [0, 0.1) is 0 Å². The number of carbonyl (C=O) groups excluding carboxylic acids is 1. The Morgan fingerprint density at radius 2 is 2.07 bits per heavy atom. The second-order valence-electron chi connectivity index (χ2n) is 5.92. The Labute approximate surface area is 161 Å². The topological polar surface area (TPSA) is 106 Å². The predicted octanol–water partition coefficient (Wildman–Crippen LogP) is 4.45. The van der Waals surface area contributed by atoms with Gasteiger partial charge in [-0.25, -0.2) is 9.97 Å². The van der Waals surface area contributed by atoms with E-state index in [-0.39, 0.29) is 17.2 Å². The zero-order valence-corrected chi connectivity index (χ0v) is 14.6. The zero-order valence-electron chi connectivity index (χ0n) is 14.6. The van der Waals surface area contributed by atoms with Crippen molar-refractivity contribution in [2.24, 2.45) is 0 Å². The number of nitrogens with one attached hydrogen (secondary N) is 2. The minimum Gasteiger partial charge on any atom is -0.495 e. The molecule has 0 aliphatic rings. The fraction of sp³-hybridized carbons (Fsp3) is 0.0500. The number of para-hydroxylation sites is 2. The molecule has 0 atom stereocenters. The number of aromatic nitrogens is 3. The highest BCUT2D eigenvalue weighted by molar-refractivity contribution is 6.06. The van der Waals surface area contributed by atoms with E-state index in [0.29, 0.717) is 17.1 Å². The first-order valence-electron chi connectivity index (χ1n) is 8.30.